The van der Waals surface area contributed by atoms with Gasteiger partial charge in [0, 0.05) is 11.3 Å². The van der Waals surface area contributed by atoms with Crippen molar-refractivity contribution in [3.05, 3.63) is 157 Å². The van der Waals surface area contributed by atoms with Crippen molar-refractivity contribution in [2.24, 2.45) is 0 Å². The second-order valence-corrected chi connectivity index (χ2v) is 9.42. The molecule has 1 aromatic heterocycles. The first-order valence-electron chi connectivity index (χ1n) is 19.4. The van der Waals surface area contributed by atoms with E-state index in [-0.39, 0.29) is 68.2 Å². The monoisotopic (exact) mass is 535 g/mol. The summed E-state index contributed by atoms with van der Waals surface area (Å²) in [6.45, 7) is 0. The lowest BCUT2D eigenvalue weighted by Crippen LogP contribution is -1.97. The van der Waals surface area contributed by atoms with E-state index < -0.39 is 54.4 Å². The molecule has 41 heavy (non-hydrogen) atoms. The number of nitrogens with zero attached hydrogens (tertiary/aromatic N) is 2. The first-order chi connectivity index (χ1) is 25.8. The van der Waals surface area contributed by atoms with Gasteiger partial charge < -0.3 is 0 Å². The molecule has 0 saturated heterocycles. The van der Waals surface area contributed by atoms with E-state index in [9.17, 15) is 0 Å². The van der Waals surface area contributed by atoms with Gasteiger partial charge in [-0.05, 0) is 68.1 Å². The van der Waals surface area contributed by atoms with E-state index in [1.807, 2.05) is 0 Å². The molecule has 2 heteroatoms. The summed E-state index contributed by atoms with van der Waals surface area (Å²) in [6.07, 6.45) is 0. The Morgan fingerprint density at radius 1 is 0.463 bits per heavy atom. The molecule has 192 valence electrons. The van der Waals surface area contributed by atoms with Crippen LogP contribution >= 0.6 is 0 Å². The third kappa shape index (κ3) is 3.84. The van der Waals surface area contributed by atoms with E-state index in [4.69, 9.17) is 22.8 Å². The summed E-state index contributed by atoms with van der Waals surface area (Å²) >= 11 is 0. The van der Waals surface area contributed by atoms with Crippen LogP contribution in [0.15, 0.2) is 157 Å². The predicted octanol–water partition coefficient (Wildman–Crippen LogP) is 10.3. The van der Waals surface area contributed by atoms with E-state index in [0.717, 1.165) is 0 Å². The Bertz CT molecular complexity index is 2790. The molecule has 0 bridgehead atoms. The molecule has 0 aliphatic rings. The summed E-state index contributed by atoms with van der Waals surface area (Å²) in [7, 11) is 0. The van der Waals surface area contributed by atoms with Crippen molar-refractivity contribution >= 4 is 32.6 Å². The molecule has 0 radical (unpaired) electrons. The number of rotatable bonds is 4. The lowest BCUT2D eigenvalue weighted by atomic mass is 9.86. The Hall–Kier alpha value is -5.47. The lowest BCUT2D eigenvalue weighted by molar-refractivity contribution is 1.10. The maximum absolute atomic E-state index is 9.16. The highest BCUT2D eigenvalue weighted by atomic mass is 15.1. The summed E-state index contributed by atoms with van der Waals surface area (Å²) in [5, 5.41) is 0.372. The van der Waals surface area contributed by atoms with Crippen LogP contribution in [-0.4, -0.2) is 9.55 Å². The average molecular weight is 536 g/mol. The fourth-order valence-electron chi connectivity index (χ4n) is 5.40. The molecule has 0 atom stereocenters. The maximum Gasteiger partial charge on any atom is 0.145 e. The molecule has 8 aromatic rings. The van der Waals surface area contributed by atoms with Crippen molar-refractivity contribution in [2.45, 2.75) is 0 Å². The molecule has 8 rings (SSSR count). The molecule has 7 aromatic carbocycles. The van der Waals surface area contributed by atoms with Gasteiger partial charge in [0.15, 0.2) is 0 Å². The topological polar surface area (TPSA) is 17.8 Å². The molecular weight excluding hydrogens is 496 g/mol. The minimum Gasteiger partial charge on any atom is -0.292 e. The van der Waals surface area contributed by atoms with Crippen LogP contribution in [-0.2, 0) is 0 Å². The number of hydrogen-bond acceptors (Lipinski definition) is 1. The molecule has 0 amide bonds. The molecule has 1 heterocycles. The molecule has 0 N–H and O–H groups in total. The van der Waals surface area contributed by atoms with Crippen molar-refractivity contribution in [3.8, 4) is 39.3 Å². The van der Waals surface area contributed by atoms with E-state index >= 15 is 0 Å². The number of para-hydroxylation sites is 2. The van der Waals surface area contributed by atoms with Crippen LogP contribution in [0, 0.1) is 0 Å². The predicted molar refractivity (Wildman–Crippen MR) is 172 cm³/mol. The number of benzene rings is 7. The summed E-state index contributed by atoms with van der Waals surface area (Å²) in [5.74, 6) is 0.104. The first-order valence-corrected chi connectivity index (χ1v) is 12.9. The number of fused-ring (bicyclic) bond motifs is 3. The van der Waals surface area contributed by atoms with Crippen LogP contribution in [0.25, 0.3) is 71.9 Å². The van der Waals surface area contributed by atoms with Gasteiger partial charge in [-0.25, -0.2) is 4.98 Å². The van der Waals surface area contributed by atoms with Gasteiger partial charge in [0.2, 0.25) is 0 Å². The SMILES string of the molecule is [2H]c1c([2H])c([2H])c(-c2nc3ccccc3n2-c2ccc(-c3c4c([2H])c([2H])c([2H])c([2H])c4c(-c4ccccc4)c4c([2H])c([2H])c([2H])c([2H])c34)cc2)c([2H])c1[2H]. The quantitative estimate of drug-likeness (QED) is 0.205. The molecule has 2 nitrogen and oxygen atoms in total. The third-order valence-electron chi connectivity index (χ3n) is 7.14. The van der Waals surface area contributed by atoms with Gasteiger partial charge in [0.25, 0.3) is 0 Å². The minimum atomic E-state index is -0.533. The largest absolute Gasteiger partial charge is 0.292 e. The second-order valence-electron chi connectivity index (χ2n) is 9.42. The van der Waals surface area contributed by atoms with Gasteiger partial charge in [-0.15, -0.1) is 0 Å². The summed E-state index contributed by atoms with van der Waals surface area (Å²) < 4.78 is 115. The average Bonchev–Trinajstić information content (AvgIpc) is 3.57. The maximum atomic E-state index is 9.16. The Labute approximate surface area is 257 Å². The van der Waals surface area contributed by atoms with Crippen LogP contribution < -0.4 is 0 Å². The van der Waals surface area contributed by atoms with Crippen LogP contribution in [0.1, 0.15) is 17.8 Å². The first kappa shape index (κ1) is 13.7. The van der Waals surface area contributed by atoms with Crippen molar-refractivity contribution in [3.63, 3.8) is 0 Å². The van der Waals surface area contributed by atoms with Gasteiger partial charge in [-0.2, -0.15) is 0 Å². The molecular formula is C39H26N2. The van der Waals surface area contributed by atoms with E-state index in [0.29, 0.717) is 27.8 Å². The molecule has 0 aliphatic heterocycles. The summed E-state index contributed by atoms with van der Waals surface area (Å²) in [5.41, 5.74) is 2.81. The highest BCUT2D eigenvalue weighted by Gasteiger charge is 2.18. The zero-order valence-corrected chi connectivity index (χ0v) is 21.4. The van der Waals surface area contributed by atoms with Crippen molar-refractivity contribution in [2.75, 3.05) is 0 Å². The van der Waals surface area contributed by atoms with Crippen LogP contribution in [0.2, 0.25) is 0 Å². The Morgan fingerprint density at radius 2 is 0.976 bits per heavy atom. The van der Waals surface area contributed by atoms with Crippen molar-refractivity contribution in [1.29, 1.82) is 0 Å². The van der Waals surface area contributed by atoms with Gasteiger partial charge >= 0.3 is 0 Å². The number of hydrogen-bond donors (Lipinski definition) is 0. The highest BCUT2D eigenvalue weighted by molar-refractivity contribution is 6.21. The molecule has 0 saturated carbocycles. The Balaban J connectivity index is 1.49. The fraction of sp³-hybridized carbons (Fsp3) is 0. The molecule has 0 spiro atoms. The van der Waals surface area contributed by atoms with Crippen LogP contribution in [0.4, 0.5) is 0 Å². The zero-order chi connectivity index (χ0) is 38.5. The van der Waals surface area contributed by atoms with Gasteiger partial charge in [0.05, 0.1) is 28.9 Å². The van der Waals surface area contributed by atoms with Crippen molar-refractivity contribution < 1.29 is 17.8 Å². The van der Waals surface area contributed by atoms with Gasteiger partial charge in [-0.1, -0.05) is 133 Å². The van der Waals surface area contributed by atoms with Crippen molar-refractivity contribution in [1.82, 2.24) is 9.55 Å². The van der Waals surface area contributed by atoms with E-state index in [2.05, 4.69) is 0 Å². The number of aromatic nitrogens is 2. The smallest absolute Gasteiger partial charge is 0.145 e. The van der Waals surface area contributed by atoms with Crippen LogP contribution in [0.3, 0.4) is 0 Å². The van der Waals surface area contributed by atoms with Crippen LogP contribution in [0.5, 0.6) is 0 Å². The van der Waals surface area contributed by atoms with Gasteiger partial charge in [-0.3, -0.25) is 4.57 Å². The Morgan fingerprint density at radius 3 is 1.59 bits per heavy atom. The molecule has 0 unspecified atom stereocenters. The minimum absolute atomic E-state index is 0.0815. The highest BCUT2D eigenvalue weighted by Crippen LogP contribution is 2.43. The third-order valence-corrected chi connectivity index (χ3v) is 7.14. The number of imidazole rings is 1. The lowest BCUT2D eigenvalue weighted by Gasteiger charge is -2.18. The Kier molecular flexibility index (Phi) is 3.22. The van der Waals surface area contributed by atoms with E-state index in [1.54, 1.807) is 83.4 Å². The molecule has 0 aliphatic carbocycles. The summed E-state index contributed by atoms with van der Waals surface area (Å²) in [4.78, 5) is 4.70. The second kappa shape index (κ2) is 9.62. The fourth-order valence-corrected chi connectivity index (χ4v) is 5.40. The summed E-state index contributed by atoms with van der Waals surface area (Å²) in [6, 6.07) is 16.7. The van der Waals surface area contributed by atoms with E-state index in [1.165, 1.54) is 0 Å². The zero-order valence-electron chi connectivity index (χ0n) is 34.4. The van der Waals surface area contributed by atoms with Gasteiger partial charge in [0.1, 0.15) is 5.82 Å². The normalized spacial score (nSPS) is 15.9. The molecule has 0 fully saturated rings. The standard InChI is InChI=1S/C39H26N2/c1-3-13-27(14-4-1)37-31-17-7-9-19-33(31)38(34-20-10-8-18-32(34)37)28-23-25-30(26-24-28)41-36-22-12-11-21-35(36)40-39(41)29-15-5-2-6-16-29/h1-26H/i2D,5D,6D,7D,8D,9D,10D,15D,16D,17D,18D,19D,20D.